The summed E-state index contributed by atoms with van der Waals surface area (Å²) >= 11 is 0. The normalized spacial score (nSPS) is 28.3. The second kappa shape index (κ2) is 1.41. The predicted octanol–water partition coefficient (Wildman–Crippen LogP) is -1.37. The summed E-state index contributed by atoms with van der Waals surface area (Å²) < 4.78 is 8.67. The largest absolute Gasteiger partial charge is 0.347 e. The quantitative estimate of drug-likeness (QED) is 0.374. The van der Waals surface area contributed by atoms with Crippen molar-refractivity contribution in [2.24, 2.45) is 0 Å². The van der Waals surface area contributed by atoms with Crippen LogP contribution in [-0.2, 0) is 9.47 Å². The minimum Gasteiger partial charge on any atom is -0.347 e. The van der Waals surface area contributed by atoms with Crippen molar-refractivity contribution in [3.05, 3.63) is 0 Å². The number of rotatable bonds is 0. The van der Waals surface area contributed by atoms with Crippen LogP contribution in [-0.4, -0.2) is 29.6 Å². The first kappa shape index (κ1) is 4.99. The first-order chi connectivity index (χ1) is 3.21. The Morgan fingerprint density at radius 3 is 2.29 bits per heavy atom. The monoisotopic (exact) mass is 106 g/mol. The zero-order valence-corrected chi connectivity index (χ0v) is 3.63. The fraction of sp³-hybridized carbons (Fsp3) is 1.00. The Labute approximate surface area is 40.3 Å². The van der Waals surface area contributed by atoms with Crippen LogP contribution in [0.5, 0.6) is 0 Å². The van der Waals surface area contributed by atoms with Crippen LogP contribution in [0.3, 0.4) is 0 Å². The second-order valence-electron chi connectivity index (χ2n) is 1.35. The Balaban J connectivity index is 2.40. The van der Waals surface area contributed by atoms with Gasteiger partial charge >= 0.3 is 5.97 Å². The molecule has 0 unspecified atom stereocenters. The molecule has 0 atom stereocenters. The van der Waals surface area contributed by atoms with Crippen molar-refractivity contribution in [1.29, 1.82) is 0 Å². The lowest BCUT2D eigenvalue weighted by Gasteiger charge is -2.07. The molecule has 1 aliphatic rings. The van der Waals surface area contributed by atoms with Gasteiger partial charge in [0.2, 0.25) is 0 Å². The molecular formula is C3H6O4. The van der Waals surface area contributed by atoms with E-state index in [-0.39, 0.29) is 13.4 Å². The van der Waals surface area contributed by atoms with Gasteiger partial charge in [-0.15, -0.1) is 0 Å². The first-order valence-corrected chi connectivity index (χ1v) is 1.87. The van der Waals surface area contributed by atoms with Crippen LogP contribution in [0, 0.1) is 0 Å². The molecule has 0 aromatic rings. The van der Waals surface area contributed by atoms with Crippen molar-refractivity contribution in [3.8, 4) is 0 Å². The molecule has 1 saturated heterocycles. The number of ether oxygens (including phenoxy) is 2. The number of hydrogen-bond acceptors (Lipinski definition) is 4. The molecule has 1 rings (SSSR count). The van der Waals surface area contributed by atoms with Crippen LogP contribution >= 0.6 is 0 Å². The highest BCUT2D eigenvalue weighted by atomic mass is 16.9. The van der Waals surface area contributed by atoms with Crippen LogP contribution in [0.2, 0.25) is 0 Å². The number of hydrogen-bond donors (Lipinski definition) is 2. The van der Waals surface area contributed by atoms with Crippen LogP contribution < -0.4 is 0 Å². The van der Waals surface area contributed by atoms with E-state index in [2.05, 4.69) is 9.47 Å². The number of aliphatic hydroxyl groups is 2. The van der Waals surface area contributed by atoms with Crippen molar-refractivity contribution < 1.29 is 19.7 Å². The zero-order valence-electron chi connectivity index (χ0n) is 3.63. The maximum atomic E-state index is 8.40. The van der Waals surface area contributed by atoms with E-state index < -0.39 is 5.97 Å². The SMILES string of the molecule is OC1(O)COCO1. The maximum absolute atomic E-state index is 8.40. The topological polar surface area (TPSA) is 58.9 Å². The van der Waals surface area contributed by atoms with Gasteiger partial charge in [-0.05, 0) is 0 Å². The molecule has 0 aromatic carbocycles. The fourth-order valence-electron chi connectivity index (χ4n) is 0.352. The molecule has 0 aliphatic carbocycles. The molecule has 0 amide bonds. The van der Waals surface area contributed by atoms with Crippen molar-refractivity contribution in [2.45, 2.75) is 5.97 Å². The molecule has 0 spiro atoms. The Hall–Kier alpha value is -0.160. The van der Waals surface area contributed by atoms with E-state index in [1.54, 1.807) is 0 Å². The summed E-state index contributed by atoms with van der Waals surface area (Å²) in [5.74, 6) is -2.03. The molecule has 0 radical (unpaired) electrons. The molecule has 0 bridgehead atoms. The summed E-state index contributed by atoms with van der Waals surface area (Å²) in [6.07, 6.45) is 0. The molecule has 42 valence electrons. The van der Waals surface area contributed by atoms with Gasteiger partial charge in [0.1, 0.15) is 6.61 Å². The van der Waals surface area contributed by atoms with E-state index in [1.165, 1.54) is 0 Å². The van der Waals surface area contributed by atoms with Gasteiger partial charge < -0.3 is 14.9 Å². The van der Waals surface area contributed by atoms with Crippen LogP contribution in [0.15, 0.2) is 0 Å². The summed E-state index contributed by atoms with van der Waals surface area (Å²) in [4.78, 5) is 0. The van der Waals surface area contributed by atoms with E-state index in [4.69, 9.17) is 10.2 Å². The van der Waals surface area contributed by atoms with E-state index >= 15 is 0 Å². The third kappa shape index (κ3) is 1.10. The lowest BCUT2D eigenvalue weighted by molar-refractivity contribution is -0.305. The minimum absolute atomic E-state index is 0.0347. The molecule has 7 heavy (non-hydrogen) atoms. The van der Waals surface area contributed by atoms with Gasteiger partial charge in [-0.3, -0.25) is 4.74 Å². The zero-order chi connectivity index (χ0) is 5.33. The first-order valence-electron chi connectivity index (χ1n) is 1.87. The molecule has 4 heteroatoms. The third-order valence-electron chi connectivity index (χ3n) is 0.664. The average Bonchev–Trinajstić information content (AvgIpc) is 1.84. The van der Waals surface area contributed by atoms with Gasteiger partial charge in [0, 0.05) is 0 Å². The summed E-state index contributed by atoms with van der Waals surface area (Å²) in [6.45, 7) is -0.194. The predicted molar refractivity (Wildman–Crippen MR) is 19.1 cm³/mol. The molecule has 2 N–H and O–H groups in total. The molecule has 0 saturated carbocycles. The highest BCUT2D eigenvalue weighted by Crippen LogP contribution is 2.08. The summed E-state index contributed by atoms with van der Waals surface area (Å²) in [5.41, 5.74) is 0. The van der Waals surface area contributed by atoms with E-state index in [1.807, 2.05) is 0 Å². The summed E-state index contributed by atoms with van der Waals surface area (Å²) in [5, 5.41) is 16.8. The fourth-order valence-corrected chi connectivity index (χ4v) is 0.352. The summed E-state index contributed by atoms with van der Waals surface area (Å²) in [7, 11) is 0. The Kier molecular flexibility index (Phi) is 1.01. The third-order valence-corrected chi connectivity index (χ3v) is 0.664. The lowest BCUT2D eigenvalue weighted by Crippen LogP contribution is -2.29. The summed E-state index contributed by atoms with van der Waals surface area (Å²) in [6, 6.07) is 0. The molecular weight excluding hydrogens is 100 g/mol. The smallest absolute Gasteiger partial charge is 0.304 e. The molecule has 0 aromatic heterocycles. The average molecular weight is 106 g/mol. The molecule has 1 fully saturated rings. The molecule has 1 aliphatic heterocycles. The van der Waals surface area contributed by atoms with Crippen molar-refractivity contribution in [1.82, 2.24) is 0 Å². The van der Waals surface area contributed by atoms with Gasteiger partial charge in [0.05, 0.1) is 0 Å². The van der Waals surface area contributed by atoms with E-state index in [9.17, 15) is 0 Å². The van der Waals surface area contributed by atoms with Crippen molar-refractivity contribution in [2.75, 3.05) is 13.4 Å². The van der Waals surface area contributed by atoms with Crippen molar-refractivity contribution in [3.63, 3.8) is 0 Å². The molecule has 4 nitrogen and oxygen atoms in total. The second-order valence-corrected chi connectivity index (χ2v) is 1.35. The maximum Gasteiger partial charge on any atom is 0.304 e. The van der Waals surface area contributed by atoms with Crippen LogP contribution in [0.25, 0.3) is 0 Å². The van der Waals surface area contributed by atoms with E-state index in [0.29, 0.717) is 0 Å². The van der Waals surface area contributed by atoms with E-state index in [0.717, 1.165) is 0 Å². The van der Waals surface area contributed by atoms with Crippen LogP contribution in [0.1, 0.15) is 0 Å². The highest BCUT2D eigenvalue weighted by Gasteiger charge is 2.29. The molecule has 1 heterocycles. The van der Waals surface area contributed by atoms with Gasteiger partial charge in [0.25, 0.3) is 0 Å². The van der Waals surface area contributed by atoms with Crippen molar-refractivity contribution >= 4 is 0 Å². The Bertz CT molecular complexity index is 61.3. The lowest BCUT2D eigenvalue weighted by atomic mass is 10.6. The van der Waals surface area contributed by atoms with Gasteiger partial charge in [0.15, 0.2) is 6.79 Å². The highest BCUT2D eigenvalue weighted by molar-refractivity contribution is 4.49. The van der Waals surface area contributed by atoms with Gasteiger partial charge in [-0.2, -0.15) is 0 Å². The van der Waals surface area contributed by atoms with Gasteiger partial charge in [-0.1, -0.05) is 0 Å². The standard InChI is InChI=1S/C3H6O4/c4-3(5)1-6-2-7-3/h4-5H,1-2H2. The van der Waals surface area contributed by atoms with Crippen LogP contribution in [0.4, 0.5) is 0 Å². The Morgan fingerprint density at radius 1 is 1.43 bits per heavy atom. The van der Waals surface area contributed by atoms with Gasteiger partial charge in [-0.25, -0.2) is 0 Å². The Morgan fingerprint density at radius 2 is 2.14 bits per heavy atom. The minimum atomic E-state index is -2.03.